The lowest BCUT2D eigenvalue weighted by Crippen LogP contribution is -2.30. The summed E-state index contributed by atoms with van der Waals surface area (Å²) >= 11 is 12.6. The van der Waals surface area contributed by atoms with Crippen LogP contribution in [-0.4, -0.2) is 25.6 Å². The molecule has 6 nitrogen and oxygen atoms in total. The fraction of sp³-hybridized carbons (Fsp3) is 0.222. The second kappa shape index (κ2) is 7.43. The number of halogens is 2. The van der Waals surface area contributed by atoms with Crippen LogP contribution in [0.2, 0.25) is 10.0 Å². The summed E-state index contributed by atoms with van der Waals surface area (Å²) in [5, 5.41) is 2.82. The Hall–Kier alpha value is -2.44. The number of anilines is 1. The number of carbonyl (C=O) groups excluding carboxylic acids is 2. The van der Waals surface area contributed by atoms with Gasteiger partial charge < -0.3 is 14.8 Å². The minimum atomic E-state index is -0.515. The van der Waals surface area contributed by atoms with Gasteiger partial charge in [0, 0.05) is 0 Å². The lowest BCUT2D eigenvalue weighted by atomic mass is 10.1. The van der Waals surface area contributed by atoms with E-state index < -0.39 is 6.03 Å². The van der Waals surface area contributed by atoms with E-state index in [4.69, 9.17) is 32.7 Å². The lowest BCUT2D eigenvalue weighted by Gasteiger charge is -2.16. The Morgan fingerprint density at radius 1 is 1.15 bits per heavy atom. The molecule has 8 heteroatoms. The Bertz CT molecular complexity index is 846. The van der Waals surface area contributed by atoms with Crippen LogP contribution in [0.1, 0.15) is 12.5 Å². The zero-order valence-corrected chi connectivity index (χ0v) is 15.6. The Labute approximate surface area is 160 Å². The molecule has 136 valence electrons. The number of aryl methyl sites for hydroxylation is 1. The summed E-state index contributed by atoms with van der Waals surface area (Å²) in [6.45, 7) is 1.95. The van der Waals surface area contributed by atoms with Crippen molar-refractivity contribution in [1.82, 2.24) is 5.32 Å². The predicted octanol–water partition coefficient (Wildman–Crippen LogP) is 4.41. The molecule has 0 aromatic heterocycles. The van der Waals surface area contributed by atoms with Crippen molar-refractivity contribution in [1.29, 1.82) is 0 Å². The first-order valence-electron chi connectivity index (χ1n) is 7.89. The zero-order chi connectivity index (χ0) is 18.8. The van der Waals surface area contributed by atoms with Crippen LogP contribution in [0.15, 0.2) is 30.3 Å². The predicted molar refractivity (Wildman–Crippen MR) is 99.8 cm³/mol. The molecule has 0 aliphatic carbocycles. The van der Waals surface area contributed by atoms with Gasteiger partial charge in [-0.25, -0.2) is 9.69 Å². The summed E-state index contributed by atoms with van der Waals surface area (Å²) in [6, 6.07) is 7.81. The van der Waals surface area contributed by atoms with Crippen LogP contribution in [0.25, 0.3) is 0 Å². The average molecular weight is 395 g/mol. The van der Waals surface area contributed by atoms with E-state index in [9.17, 15) is 9.59 Å². The topological polar surface area (TPSA) is 67.9 Å². The van der Waals surface area contributed by atoms with E-state index in [-0.39, 0.29) is 33.9 Å². The van der Waals surface area contributed by atoms with Gasteiger partial charge in [-0.15, -0.1) is 0 Å². The molecule has 1 aliphatic heterocycles. The number of nitrogens with one attached hydrogen (secondary N) is 1. The molecule has 1 saturated heterocycles. The number of amides is 3. The van der Waals surface area contributed by atoms with Gasteiger partial charge in [-0.3, -0.25) is 4.79 Å². The first-order valence-corrected chi connectivity index (χ1v) is 8.64. The number of nitrogens with zero attached hydrogens (tertiary/aromatic N) is 1. The van der Waals surface area contributed by atoms with E-state index in [1.807, 2.05) is 13.0 Å². The quantitative estimate of drug-likeness (QED) is 0.762. The van der Waals surface area contributed by atoms with Crippen molar-refractivity contribution >= 4 is 40.8 Å². The molecule has 0 spiro atoms. The number of hydrogen-bond acceptors (Lipinski definition) is 4. The highest BCUT2D eigenvalue weighted by molar-refractivity contribution is 6.38. The van der Waals surface area contributed by atoms with Crippen LogP contribution in [0, 0.1) is 0 Å². The third kappa shape index (κ3) is 3.43. The molecular weight excluding hydrogens is 379 g/mol. The standard InChI is InChI=1S/C18H16Cl2N2O4/c1-3-10-6-12(4-5-15(10)25-2)26-17-13(19)7-11(8-14(17)20)22-16(23)9-21-18(22)24/h4-8H,3,9H2,1-2H3,(H,21,24). The van der Waals surface area contributed by atoms with Gasteiger partial charge in [-0.05, 0) is 42.3 Å². The lowest BCUT2D eigenvalue weighted by molar-refractivity contribution is -0.115. The van der Waals surface area contributed by atoms with Gasteiger partial charge in [0.1, 0.15) is 11.5 Å². The fourth-order valence-corrected chi connectivity index (χ4v) is 3.22. The fourth-order valence-electron chi connectivity index (χ4n) is 2.67. The highest BCUT2D eigenvalue weighted by Gasteiger charge is 2.31. The van der Waals surface area contributed by atoms with Crippen molar-refractivity contribution in [3.05, 3.63) is 45.9 Å². The molecule has 0 atom stereocenters. The number of rotatable bonds is 5. The van der Waals surface area contributed by atoms with Crippen LogP contribution in [-0.2, 0) is 11.2 Å². The van der Waals surface area contributed by atoms with Crippen molar-refractivity contribution in [3.8, 4) is 17.2 Å². The number of hydrogen-bond donors (Lipinski definition) is 1. The molecule has 26 heavy (non-hydrogen) atoms. The first kappa shape index (κ1) is 18.4. The van der Waals surface area contributed by atoms with E-state index >= 15 is 0 Å². The van der Waals surface area contributed by atoms with Gasteiger partial charge >= 0.3 is 6.03 Å². The maximum atomic E-state index is 11.8. The molecule has 3 rings (SSSR count). The Morgan fingerprint density at radius 3 is 2.38 bits per heavy atom. The van der Waals surface area contributed by atoms with E-state index in [0.29, 0.717) is 5.75 Å². The third-order valence-electron chi connectivity index (χ3n) is 3.94. The minimum absolute atomic E-state index is 0.0576. The summed E-state index contributed by atoms with van der Waals surface area (Å²) in [5.74, 6) is 1.19. The van der Waals surface area contributed by atoms with Crippen LogP contribution in [0.3, 0.4) is 0 Å². The number of carbonyl (C=O) groups is 2. The molecule has 3 amide bonds. The molecular formula is C18H16Cl2N2O4. The maximum absolute atomic E-state index is 11.8. The largest absolute Gasteiger partial charge is 0.496 e. The molecule has 2 aromatic rings. The molecule has 1 N–H and O–H groups in total. The average Bonchev–Trinajstić information content (AvgIpc) is 2.96. The highest BCUT2D eigenvalue weighted by atomic mass is 35.5. The van der Waals surface area contributed by atoms with Crippen LogP contribution < -0.4 is 19.7 Å². The van der Waals surface area contributed by atoms with Crippen LogP contribution in [0.4, 0.5) is 10.5 Å². The number of methoxy groups -OCH3 is 1. The van der Waals surface area contributed by atoms with E-state index in [1.165, 1.54) is 12.1 Å². The van der Waals surface area contributed by atoms with E-state index in [2.05, 4.69) is 5.32 Å². The monoisotopic (exact) mass is 394 g/mol. The normalized spacial score (nSPS) is 13.8. The maximum Gasteiger partial charge on any atom is 0.329 e. The first-order chi connectivity index (χ1) is 12.4. The molecule has 1 heterocycles. The Kier molecular flexibility index (Phi) is 5.25. The number of benzene rings is 2. The molecule has 2 aromatic carbocycles. The van der Waals surface area contributed by atoms with E-state index in [0.717, 1.165) is 22.6 Å². The molecule has 0 bridgehead atoms. The smallest absolute Gasteiger partial charge is 0.329 e. The van der Waals surface area contributed by atoms with E-state index in [1.54, 1.807) is 19.2 Å². The summed E-state index contributed by atoms with van der Waals surface area (Å²) < 4.78 is 11.1. The molecule has 1 fully saturated rings. The van der Waals surface area contributed by atoms with Gasteiger partial charge in [0.2, 0.25) is 0 Å². The summed E-state index contributed by atoms with van der Waals surface area (Å²) in [4.78, 5) is 24.6. The van der Waals surface area contributed by atoms with Gasteiger partial charge in [0.15, 0.2) is 5.75 Å². The van der Waals surface area contributed by atoms with Crippen molar-refractivity contribution in [3.63, 3.8) is 0 Å². The Balaban J connectivity index is 1.92. The van der Waals surface area contributed by atoms with Crippen molar-refractivity contribution in [2.45, 2.75) is 13.3 Å². The number of urea groups is 1. The second-order valence-electron chi connectivity index (χ2n) is 5.56. The highest BCUT2D eigenvalue weighted by Crippen LogP contribution is 2.40. The van der Waals surface area contributed by atoms with Crippen LogP contribution >= 0.6 is 23.2 Å². The van der Waals surface area contributed by atoms with Gasteiger partial charge in [-0.1, -0.05) is 30.1 Å². The van der Waals surface area contributed by atoms with Gasteiger partial charge in [0.25, 0.3) is 5.91 Å². The SMILES string of the molecule is CCc1cc(Oc2c(Cl)cc(N3C(=O)CNC3=O)cc2Cl)ccc1OC. The second-order valence-corrected chi connectivity index (χ2v) is 6.37. The molecule has 1 aliphatic rings. The third-order valence-corrected chi connectivity index (χ3v) is 4.50. The minimum Gasteiger partial charge on any atom is -0.496 e. The summed E-state index contributed by atoms with van der Waals surface area (Å²) in [7, 11) is 1.61. The molecule has 0 unspecified atom stereocenters. The van der Waals surface area contributed by atoms with Crippen molar-refractivity contribution in [2.75, 3.05) is 18.6 Å². The van der Waals surface area contributed by atoms with Crippen LogP contribution in [0.5, 0.6) is 17.2 Å². The van der Waals surface area contributed by atoms with Gasteiger partial charge in [-0.2, -0.15) is 0 Å². The zero-order valence-electron chi connectivity index (χ0n) is 14.1. The summed E-state index contributed by atoms with van der Waals surface area (Å²) in [5.41, 5.74) is 1.27. The number of imide groups is 1. The van der Waals surface area contributed by atoms with Crippen molar-refractivity contribution < 1.29 is 19.1 Å². The summed E-state index contributed by atoms with van der Waals surface area (Å²) in [6.07, 6.45) is 0.771. The van der Waals surface area contributed by atoms with Gasteiger partial charge in [0.05, 0.1) is 29.4 Å². The molecule has 0 radical (unpaired) electrons. The Morgan fingerprint density at radius 2 is 1.85 bits per heavy atom. The van der Waals surface area contributed by atoms with Crippen molar-refractivity contribution in [2.24, 2.45) is 0 Å². The number of ether oxygens (including phenoxy) is 2. The molecule has 0 saturated carbocycles.